The fraction of sp³-hybridized carbons (Fsp3) is 0.294. The van der Waals surface area contributed by atoms with Gasteiger partial charge in [0, 0.05) is 31.3 Å². The van der Waals surface area contributed by atoms with Crippen molar-refractivity contribution in [1.29, 1.82) is 0 Å². The van der Waals surface area contributed by atoms with Crippen LogP contribution in [0, 0.1) is 0 Å². The molecule has 0 aliphatic heterocycles. The Morgan fingerprint density at radius 1 is 1.00 bits per heavy atom. The first-order valence-electron chi connectivity index (χ1n) is 7.60. The average Bonchev–Trinajstić information content (AvgIpc) is 2.60. The predicted molar refractivity (Wildman–Crippen MR) is 91.3 cm³/mol. The van der Waals surface area contributed by atoms with Crippen molar-refractivity contribution in [3.05, 3.63) is 48.0 Å². The lowest BCUT2D eigenvalue weighted by molar-refractivity contribution is -0.274. The number of rotatable bonds is 7. The molecule has 148 valence electrons. The summed E-state index contributed by atoms with van der Waals surface area (Å²) in [5, 5.41) is 0. The molecule has 0 amide bonds. The first-order chi connectivity index (χ1) is 12.6. The Kier molecular flexibility index (Phi) is 6.22. The van der Waals surface area contributed by atoms with Gasteiger partial charge in [-0.2, -0.15) is 4.31 Å². The van der Waals surface area contributed by atoms with Crippen molar-refractivity contribution in [3.8, 4) is 17.2 Å². The van der Waals surface area contributed by atoms with Crippen LogP contribution in [0.25, 0.3) is 0 Å². The monoisotopic (exact) mass is 405 g/mol. The van der Waals surface area contributed by atoms with E-state index >= 15 is 0 Å². The van der Waals surface area contributed by atoms with Crippen molar-refractivity contribution in [1.82, 2.24) is 4.31 Å². The van der Waals surface area contributed by atoms with Gasteiger partial charge in [0.1, 0.15) is 17.2 Å². The van der Waals surface area contributed by atoms with Crippen LogP contribution in [0.3, 0.4) is 0 Å². The van der Waals surface area contributed by atoms with E-state index in [1.807, 2.05) is 0 Å². The van der Waals surface area contributed by atoms with E-state index in [9.17, 15) is 21.6 Å². The van der Waals surface area contributed by atoms with Gasteiger partial charge in [0.25, 0.3) is 0 Å². The minimum Gasteiger partial charge on any atom is -0.497 e. The van der Waals surface area contributed by atoms with Crippen molar-refractivity contribution < 1.29 is 35.8 Å². The zero-order chi connectivity index (χ0) is 20.2. The summed E-state index contributed by atoms with van der Waals surface area (Å²) in [6.07, 6.45) is -4.91. The van der Waals surface area contributed by atoms with Gasteiger partial charge < -0.3 is 14.2 Å². The lowest BCUT2D eigenvalue weighted by Gasteiger charge is -2.19. The summed E-state index contributed by atoms with van der Waals surface area (Å²) < 4.78 is 77.6. The lowest BCUT2D eigenvalue weighted by Crippen LogP contribution is -2.27. The van der Waals surface area contributed by atoms with Crippen LogP contribution >= 0.6 is 0 Å². The minimum atomic E-state index is -4.91. The molecule has 0 atom stereocenters. The molecule has 2 aromatic rings. The Morgan fingerprint density at radius 3 is 2.30 bits per heavy atom. The van der Waals surface area contributed by atoms with Crippen LogP contribution in [0.15, 0.2) is 47.4 Å². The van der Waals surface area contributed by atoms with E-state index in [-0.39, 0.29) is 11.4 Å². The maximum Gasteiger partial charge on any atom is 0.573 e. The van der Waals surface area contributed by atoms with Gasteiger partial charge in [-0.15, -0.1) is 13.2 Å². The second-order valence-electron chi connectivity index (χ2n) is 5.46. The van der Waals surface area contributed by atoms with Gasteiger partial charge >= 0.3 is 6.36 Å². The van der Waals surface area contributed by atoms with Gasteiger partial charge in [-0.1, -0.05) is 12.1 Å². The molecule has 6 nitrogen and oxygen atoms in total. The molecule has 0 aliphatic rings. The molecule has 27 heavy (non-hydrogen) atoms. The molecule has 10 heteroatoms. The van der Waals surface area contributed by atoms with Crippen molar-refractivity contribution >= 4 is 10.0 Å². The molecule has 0 N–H and O–H groups in total. The third kappa shape index (κ3) is 5.27. The van der Waals surface area contributed by atoms with E-state index < -0.39 is 22.1 Å². The van der Waals surface area contributed by atoms with Gasteiger partial charge in [-0.3, -0.25) is 0 Å². The number of methoxy groups -OCH3 is 2. The molecule has 0 radical (unpaired) electrons. The number of hydrogen-bond acceptors (Lipinski definition) is 5. The van der Waals surface area contributed by atoms with Crippen LogP contribution in [-0.4, -0.2) is 40.4 Å². The minimum absolute atomic E-state index is 0.0557. The van der Waals surface area contributed by atoms with Gasteiger partial charge in [-0.05, 0) is 18.2 Å². The van der Waals surface area contributed by atoms with Crippen molar-refractivity contribution in [2.24, 2.45) is 0 Å². The number of benzene rings is 2. The smallest absolute Gasteiger partial charge is 0.497 e. The Labute approximate surface area is 155 Å². The van der Waals surface area contributed by atoms with Gasteiger partial charge in [-0.25, -0.2) is 8.42 Å². The van der Waals surface area contributed by atoms with Gasteiger partial charge in [0.05, 0.1) is 19.1 Å². The molecule has 0 unspecified atom stereocenters. The molecule has 0 saturated carbocycles. The summed E-state index contributed by atoms with van der Waals surface area (Å²) in [6.45, 7) is -0.0557. The van der Waals surface area contributed by atoms with E-state index in [1.165, 1.54) is 33.4 Å². The number of ether oxygens (including phenoxy) is 3. The number of hydrogen-bond donors (Lipinski definition) is 0. The third-order valence-corrected chi connectivity index (χ3v) is 5.43. The molecular formula is C17H18F3NO5S. The van der Waals surface area contributed by atoms with Crippen molar-refractivity contribution in [2.75, 3.05) is 21.3 Å². The molecule has 0 bridgehead atoms. The maximum absolute atomic E-state index is 12.7. The van der Waals surface area contributed by atoms with Crippen molar-refractivity contribution in [3.63, 3.8) is 0 Å². The molecule has 0 spiro atoms. The highest BCUT2D eigenvalue weighted by molar-refractivity contribution is 7.89. The Balaban J connectivity index is 2.28. The molecule has 2 aromatic carbocycles. The largest absolute Gasteiger partial charge is 0.573 e. The van der Waals surface area contributed by atoms with E-state index in [2.05, 4.69) is 4.74 Å². The quantitative estimate of drug-likeness (QED) is 0.706. The van der Waals surface area contributed by atoms with Crippen LogP contribution in [0.1, 0.15) is 5.56 Å². The number of nitrogens with zero attached hydrogens (tertiary/aromatic N) is 1. The van der Waals surface area contributed by atoms with Gasteiger partial charge in [0.15, 0.2) is 0 Å². The third-order valence-electron chi connectivity index (χ3n) is 3.63. The molecule has 0 aliphatic carbocycles. The Hall–Kier alpha value is -2.46. The van der Waals surface area contributed by atoms with Crippen LogP contribution in [0.5, 0.6) is 17.2 Å². The fourth-order valence-corrected chi connectivity index (χ4v) is 3.50. The summed E-state index contributed by atoms with van der Waals surface area (Å²) in [7, 11) is 0.181. The molecule has 0 heterocycles. The van der Waals surface area contributed by atoms with Crippen LogP contribution in [0.4, 0.5) is 13.2 Å². The zero-order valence-electron chi connectivity index (χ0n) is 14.8. The van der Waals surface area contributed by atoms with Crippen LogP contribution in [0.2, 0.25) is 0 Å². The molecule has 2 rings (SSSR count). The highest BCUT2D eigenvalue weighted by atomic mass is 32.2. The normalized spacial score (nSPS) is 12.1. The molecule has 0 aromatic heterocycles. The van der Waals surface area contributed by atoms with E-state index in [4.69, 9.17) is 9.47 Å². The van der Waals surface area contributed by atoms with E-state index in [1.54, 1.807) is 18.2 Å². The summed E-state index contributed by atoms with van der Waals surface area (Å²) in [4.78, 5) is -0.320. The van der Waals surface area contributed by atoms with E-state index in [0.29, 0.717) is 17.1 Å². The lowest BCUT2D eigenvalue weighted by atomic mass is 10.2. The zero-order valence-corrected chi connectivity index (χ0v) is 15.6. The summed E-state index contributed by atoms with van der Waals surface area (Å²) in [5.74, 6) is 0.350. The molecular weight excluding hydrogens is 387 g/mol. The van der Waals surface area contributed by atoms with Gasteiger partial charge in [0.2, 0.25) is 10.0 Å². The number of halogens is 3. The fourth-order valence-electron chi connectivity index (χ4n) is 2.32. The van der Waals surface area contributed by atoms with Crippen LogP contribution < -0.4 is 14.2 Å². The summed E-state index contributed by atoms with van der Waals surface area (Å²) in [6, 6.07) is 9.12. The molecule has 0 fully saturated rings. The summed E-state index contributed by atoms with van der Waals surface area (Å²) >= 11 is 0. The number of sulfonamides is 1. The second-order valence-corrected chi connectivity index (χ2v) is 7.51. The number of alkyl halides is 3. The standard InChI is InChI=1S/C17H18F3NO5S/c1-21(11-12-7-8-13(24-2)10-16(12)25-3)27(22,23)15-6-4-5-14(9-15)26-17(18,19)20/h4-10H,11H2,1-3H3. The highest BCUT2D eigenvalue weighted by Crippen LogP contribution is 2.29. The average molecular weight is 405 g/mol. The first-order valence-corrected chi connectivity index (χ1v) is 9.04. The Morgan fingerprint density at radius 2 is 1.70 bits per heavy atom. The van der Waals surface area contributed by atoms with E-state index in [0.717, 1.165) is 16.4 Å². The summed E-state index contributed by atoms with van der Waals surface area (Å²) in [5.41, 5.74) is 0.562. The second kappa shape index (κ2) is 8.05. The molecule has 0 saturated heterocycles. The Bertz CT molecular complexity index is 900. The highest BCUT2D eigenvalue weighted by Gasteiger charge is 2.32. The SMILES string of the molecule is COc1ccc(CN(C)S(=O)(=O)c2cccc(OC(F)(F)F)c2)c(OC)c1. The topological polar surface area (TPSA) is 65.1 Å². The first kappa shape index (κ1) is 20.8. The van der Waals surface area contributed by atoms with Crippen LogP contribution in [-0.2, 0) is 16.6 Å². The predicted octanol–water partition coefficient (Wildman–Crippen LogP) is 3.42. The maximum atomic E-state index is 12.7. The van der Waals surface area contributed by atoms with Crippen molar-refractivity contribution in [2.45, 2.75) is 17.8 Å².